The van der Waals surface area contributed by atoms with E-state index < -0.39 is 0 Å². The Morgan fingerprint density at radius 3 is 3.00 bits per heavy atom. The molecule has 1 aliphatic rings. The molecule has 1 saturated heterocycles. The number of amides is 2. The van der Waals surface area contributed by atoms with Gasteiger partial charge in [0.2, 0.25) is 0 Å². The molecule has 2 N–H and O–H groups in total. The van der Waals surface area contributed by atoms with Gasteiger partial charge in [0, 0.05) is 23.2 Å². The van der Waals surface area contributed by atoms with Crippen LogP contribution >= 0.6 is 15.9 Å². The number of carbonyl (C=O) groups excluding carboxylic acids is 1. The number of nitrogens with one attached hydrogen (secondary N) is 1. The third-order valence-corrected chi connectivity index (χ3v) is 3.39. The van der Waals surface area contributed by atoms with Crippen LogP contribution in [0.1, 0.15) is 12.0 Å². The van der Waals surface area contributed by atoms with Gasteiger partial charge in [0.15, 0.2) is 0 Å². The zero-order chi connectivity index (χ0) is 12.4. The summed E-state index contributed by atoms with van der Waals surface area (Å²) >= 11 is 3.37. The average molecular weight is 299 g/mol. The van der Waals surface area contributed by atoms with Crippen molar-refractivity contribution in [2.24, 2.45) is 0 Å². The van der Waals surface area contributed by atoms with Crippen LogP contribution in [0.25, 0.3) is 0 Å². The maximum atomic E-state index is 11.9. The summed E-state index contributed by atoms with van der Waals surface area (Å²) in [5.41, 5.74) is 1.81. The van der Waals surface area contributed by atoms with Crippen molar-refractivity contribution in [3.05, 3.63) is 28.2 Å². The highest BCUT2D eigenvalue weighted by atomic mass is 79.9. The zero-order valence-electron chi connectivity index (χ0n) is 9.61. The molecule has 17 heavy (non-hydrogen) atoms. The van der Waals surface area contributed by atoms with Crippen LogP contribution in [-0.4, -0.2) is 35.2 Å². The molecule has 1 aromatic rings. The Morgan fingerprint density at radius 2 is 2.35 bits per heavy atom. The van der Waals surface area contributed by atoms with Crippen molar-refractivity contribution in [1.82, 2.24) is 4.90 Å². The molecule has 1 aliphatic heterocycles. The van der Waals surface area contributed by atoms with Gasteiger partial charge in [-0.1, -0.05) is 22.0 Å². The first-order valence-electron chi connectivity index (χ1n) is 5.56. The quantitative estimate of drug-likeness (QED) is 0.836. The van der Waals surface area contributed by atoms with Crippen LogP contribution in [0.2, 0.25) is 0 Å². The smallest absolute Gasteiger partial charge is 0.321 e. The molecule has 0 aromatic heterocycles. The number of aliphatic hydroxyl groups excluding tert-OH is 1. The minimum atomic E-state index is -0.385. The maximum Gasteiger partial charge on any atom is 0.321 e. The molecule has 5 heteroatoms. The molecule has 4 nitrogen and oxygen atoms in total. The number of carbonyl (C=O) groups is 1. The molecule has 2 amide bonds. The summed E-state index contributed by atoms with van der Waals surface area (Å²) in [6.07, 6.45) is 0.273. The SMILES string of the molecule is Cc1ccc(Br)cc1NC(=O)N1CC[C@@H](O)C1. The number of hydrogen-bond acceptors (Lipinski definition) is 2. The van der Waals surface area contributed by atoms with Gasteiger partial charge in [-0.15, -0.1) is 0 Å². The molecular weight excluding hydrogens is 284 g/mol. The second-order valence-electron chi connectivity index (χ2n) is 4.28. The number of benzene rings is 1. The van der Waals surface area contributed by atoms with Crippen LogP contribution in [0.5, 0.6) is 0 Å². The second-order valence-corrected chi connectivity index (χ2v) is 5.19. The van der Waals surface area contributed by atoms with Crippen LogP contribution in [0.4, 0.5) is 10.5 Å². The number of likely N-dealkylation sites (tertiary alicyclic amines) is 1. The molecule has 2 rings (SSSR count). The molecule has 1 atom stereocenters. The van der Waals surface area contributed by atoms with Crippen molar-refractivity contribution in [1.29, 1.82) is 0 Å². The highest BCUT2D eigenvalue weighted by molar-refractivity contribution is 9.10. The van der Waals surface area contributed by atoms with Gasteiger partial charge in [0.05, 0.1) is 6.10 Å². The van der Waals surface area contributed by atoms with Crippen LogP contribution in [0, 0.1) is 6.92 Å². The zero-order valence-corrected chi connectivity index (χ0v) is 11.2. The molecule has 0 saturated carbocycles. The van der Waals surface area contributed by atoms with Crippen molar-refractivity contribution >= 4 is 27.6 Å². The number of aliphatic hydroxyl groups is 1. The van der Waals surface area contributed by atoms with Crippen LogP contribution < -0.4 is 5.32 Å². The number of halogens is 1. The first-order valence-corrected chi connectivity index (χ1v) is 6.35. The average Bonchev–Trinajstić information content (AvgIpc) is 2.70. The first-order chi connectivity index (χ1) is 8.06. The van der Waals surface area contributed by atoms with Gasteiger partial charge in [0.25, 0.3) is 0 Å². The Kier molecular flexibility index (Phi) is 3.69. The summed E-state index contributed by atoms with van der Waals surface area (Å²) < 4.78 is 0.930. The van der Waals surface area contributed by atoms with Crippen LogP contribution in [0.15, 0.2) is 22.7 Å². The molecular formula is C12H15BrN2O2. The standard InChI is InChI=1S/C12H15BrN2O2/c1-8-2-3-9(13)6-11(8)14-12(17)15-5-4-10(16)7-15/h2-3,6,10,16H,4-5,7H2,1H3,(H,14,17)/t10-/m1/s1. The minimum absolute atomic E-state index is 0.150. The minimum Gasteiger partial charge on any atom is -0.391 e. The van der Waals surface area contributed by atoms with E-state index in [1.807, 2.05) is 25.1 Å². The lowest BCUT2D eigenvalue weighted by Gasteiger charge is -2.17. The van der Waals surface area contributed by atoms with Gasteiger partial charge in [-0.2, -0.15) is 0 Å². The fraction of sp³-hybridized carbons (Fsp3) is 0.417. The number of rotatable bonds is 1. The van der Waals surface area contributed by atoms with Gasteiger partial charge in [-0.25, -0.2) is 4.79 Å². The van der Waals surface area contributed by atoms with E-state index in [2.05, 4.69) is 21.2 Å². The Bertz CT molecular complexity index is 437. The van der Waals surface area contributed by atoms with Crippen molar-refractivity contribution in [3.63, 3.8) is 0 Å². The predicted molar refractivity (Wildman–Crippen MR) is 70.1 cm³/mol. The molecule has 0 radical (unpaired) electrons. The summed E-state index contributed by atoms with van der Waals surface area (Å²) in [7, 11) is 0. The molecule has 0 unspecified atom stereocenters. The molecule has 1 fully saturated rings. The lowest BCUT2D eigenvalue weighted by molar-refractivity contribution is 0.176. The van der Waals surface area contributed by atoms with Gasteiger partial charge in [0.1, 0.15) is 0 Å². The Labute approximate surface area is 109 Å². The van der Waals surface area contributed by atoms with Crippen molar-refractivity contribution in [2.75, 3.05) is 18.4 Å². The van der Waals surface area contributed by atoms with Crippen molar-refractivity contribution < 1.29 is 9.90 Å². The normalized spacial score (nSPS) is 19.5. The summed E-state index contributed by atoms with van der Waals surface area (Å²) in [4.78, 5) is 13.5. The van der Waals surface area contributed by atoms with Crippen molar-refractivity contribution in [2.45, 2.75) is 19.4 Å². The van der Waals surface area contributed by atoms with Gasteiger partial charge >= 0.3 is 6.03 Å². The van der Waals surface area contributed by atoms with E-state index in [9.17, 15) is 9.90 Å². The molecule has 1 aromatic carbocycles. The van der Waals surface area contributed by atoms with E-state index in [4.69, 9.17) is 0 Å². The predicted octanol–water partition coefficient (Wildman–Crippen LogP) is 2.36. The Balaban J connectivity index is 2.05. The lowest BCUT2D eigenvalue weighted by atomic mass is 10.2. The van der Waals surface area contributed by atoms with Crippen molar-refractivity contribution in [3.8, 4) is 0 Å². The van der Waals surface area contributed by atoms with Gasteiger partial charge in [-0.3, -0.25) is 0 Å². The fourth-order valence-electron chi connectivity index (χ4n) is 1.85. The van der Waals surface area contributed by atoms with Crippen LogP contribution in [0.3, 0.4) is 0 Å². The first kappa shape index (κ1) is 12.4. The third-order valence-electron chi connectivity index (χ3n) is 2.89. The largest absolute Gasteiger partial charge is 0.391 e. The van der Waals surface area contributed by atoms with Gasteiger partial charge in [-0.05, 0) is 31.0 Å². The number of aryl methyl sites for hydroxylation is 1. The Hall–Kier alpha value is -1.07. The third kappa shape index (κ3) is 2.98. The molecule has 0 spiro atoms. The Morgan fingerprint density at radius 1 is 1.59 bits per heavy atom. The lowest BCUT2D eigenvalue weighted by Crippen LogP contribution is -2.33. The number of β-amino-alcohol motifs (C(OH)–C–C–N with tert-alkyl or cyclic N) is 1. The molecule has 0 aliphatic carbocycles. The van der Waals surface area contributed by atoms with Gasteiger partial charge < -0.3 is 15.3 Å². The summed E-state index contributed by atoms with van der Waals surface area (Å²) in [6, 6.07) is 5.60. The molecule has 1 heterocycles. The van der Waals surface area contributed by atoms with E-state index in [0.29, 0.717) is 19.5 Å². The number of nitrogens with zero attached hydrogens (tertiary/aromatic N) is 1. The summed E-state index contributed by atoms with van der Waals surface area (Å²) in [6.45, 7) is 2.97. The topological polar surface area (TPSA) is 52.6 Å². The van der Waals surface area contributed by atoms with E-state index >= 15 is 0 Å². The highest BCUT2D eigenvalue weighted by Crippen LogP contribution is 2.21. The number of anilines is 1. The van der Waals surface area contributed by atoms with E-state index in [-0.39, 0.29) is 12.1 Å². The van der Waals surface area contributed by atoms with Crippen LogP contribution in [-0.2, 0) is 0 Å². The second kappa shape index (κ2) is 5.06. The molecule has 0 bridgehead atoms. The number of hydrogen-bond donors (Lipinski definition) is 2. The maximum absolute atomic E-state index is 11.9. The van der Waals surface area contributed by atoms with E-state index in [1.54, 1.807) is 4.90 Å². The summed E-state index contributed by atoms with van der Waals surface area (Å²) in [5, 5.41) is 12.2. The molecule has 92 valence electrons. The fourth-order valence-corrected chi connectivity index (χ4v) is 2.21. The summed E-state index contributed by atoms with van der Waals surface area (Å²) in [5.74, 6) is 0. The van der Waals surface area contributed by atoms with E-state index in [0.717, 1.165) is 15.7 Å². The number of urea groups is 1. The van der Waals surface area contributed by atoms with E-state index in [1.165, 1.54) is 0 Å². The monoisotopic (exact) mass is 298 g/mol. The highest BCUT2D eigenvalue weighted by Gasteiger charge is 2.24.